The number of carbonyl (C=O) groups excluding carboxylic acids is 3. The third-order valence-electron chi connectivity index (χ3n) is 5.55. The molecular weight excluding hydrogens is 463 g/mol. The van der Waals surface area contributed by atoms with E-state index in [9.17, 15) is 14.4 Å². The van der Waals surface area contributed by atoms with Gasteiger partial charge in [0.1, 0.15) is 17.1 Å². The van der Waals surface area contributed by atoms with Crippen LogP contribution in [-0.4, -0.2) is 17.8 Å². The number of benzene rings is 2. The van der Waals surface area contributed by atoms with E-state index in [4.69, 9.17) is 27.6 Å². The average Bonchev–Trinajstić information content (AvgIpc) is 3.27. The van der Waals surface area contributed by atoms with Gasteiger partial charge in [-0.05, 0) is 66.4 Å². The zero-order chi connectivity index (χ0) is 23.7. The molecule has 2 aromatic carbocycles. The van der Waals surface area contributed by atoms with Crippen LogP contribution in [0, 0.1) is 0 Å². The summed E-state index contributed by atoms with van der Waals surface area (Å²) in [4.78, 5) is 38.9. The van der Waals surface area contributed by atoms with Crippen LogP contribution in [-0.2, 0) is 9.59 Å². The van der Waals surface area contributed by atoms with Crippen LogP contribution in [0.2, 0.25) is 10.0 Å². The fraction of sp³-hybridized carbons (Fsp3) is 0.160. The number of urea groups is 1. The van der Waals surface area contributed by atoms with E-state index in [1.807, 2.05) is 12.1 Å². The Kier molecular flexibility index (Phi) is 6.40. The van der Waals surface area contributed by atoms with Crippen molar-refractivity contribution in [1.82, 2.24) is 5.32 Å². The van der Waals surface area contributed by atoms with Crippen molar-refractivity contribution in [3.05, 3.63) is 81.5 Å². The molecule has 0 bridgehead atoms. The summed E-state index contributed by atoms with van der Waals surface area (Å²) in [6.45, 7) is 4.19. The first-order valence-corrected chi connectivity index (χ1v) is 11.1. The molecule has 3 aromatic rings. The van der Waals surface area contributed by atoms with Crippen LogP contribution in [0.4, 0.5) is 10.5 Å². The van der Waals surface area contributed by atoms with Gasteiger partial charge in [0.25, 0.3) is 11.8 Å². The molecule has 168 valence electrons. The predicted octanol–water partition coefficient (Wildman–Crippen LogP) is 6.43. The molecule has 0 unspecified atom stereocenters. The van der Waals surface area contributed by atoms with E-state index in [0.29, 0.717) is 33.0 Å². The van der Waals surface area contributed by atoms with Crippen LogP contribution in [0.25, 0.3) is 17.4 Å². The summed E-state index contributed by atoms with van der Waals surface area (Å²) in [5.74, 6) is -0.406. The number of anilines is 1. The van der Waals surface area contributed by atoms with Crippen molar-refractivity contribution in [2.24, 2.45) is 0 Å². The van der Waals surface area contributed by atoms with E-state index in [2.05, 4.69) is 19.2 Å². The number of barbiturate groups is 1. The zero-order valence-corrected chi connectivity index (χ0v) is 19.4. The Hall–Kier alpha value is -3.35. The second-order valence-electron chi connectivity index (χ2n) is 7.69. The maximum absolute atomic E-state index is 13.1. The lowest BCUT2D eigenvalue weighted by Gasteiger charge is -2.26. The van der Waals surface area contributed by atoms with Crippen molar-refractivity contribution in [1.29, 1.82) is 0 Å². The molecule has 1 aromatic heterocycles. The number of amides is 4. The number of nitrogens with one attached hydrogen (secondary N) is 1. The molecular formula is C25H20Cl2N2O4. The Morgan fingerprint density at radius 1 is 1.00 bits per heavy atom. The molecule has 4 amide bonds. The number of carbonyl (C=O) groups is 3. The lowest BCUT2D eigenvalue weighted by atomic mass is 9.98. The minimum absolute atomic E-state index is 0.212. The van der Waals surface area contributed by atoms with Crippen LogP contribution in [0.5, 0.6) is 0 Å². The minimum atomic E-state index is -0.797. The molecule has 0 aliphatic carbocycles. The van der Waals surface area contributed by atoms with Crippen LogP contribution >= 0.6 is 23.2 Å². The second-order valence-corrected chi connectivity index (χ2v) is 8.50. The Morgan fingerprint density at radius 3 is 2.39 bits per heavy atom. The molecule has 2 heterocycles. The molecule has 1 aliphatic rings. The molecule has 1 fully saturated rings. The van der Waals surface area contributed by atoms with Crippen molar-refractivity contribution < 1.29 is 18.8 Å². The number of nitrogens with zero attached hydrogens (tertiary/aromatic N) is 1. The van der Waals surface area contributed by atoms with Gasteiger partial charge in [0, 0.05) is 5.56 Å². The first kappa shape index (κ1) is 22.8. The van der Waals surface area contributed by atoms with E-state index in [1.165, 1.54) is 6.08 Å². The van der Waals surface area contributed by atoms with Crippen molar-refractivity contribution in [3.8, 4) is 11.3 Å². The van der Waals surface area contributed by atoms with Crippen LogP contribution in [0.1, 0.15) is 37.5 Å². The monoisotopic (exact) mass is 482 g/mol. The lowest BCUT2D eigenvalue weighted by Crippen LogP contribution is -2.54. The highest BCUT2D eigenvalue weighted by Crippen LogP contribution is 2.31. The average molecular weight is 483 g/mol. The summed E-state index contributed by atoms with van der Waals surface area (Å²) in [6.07, 6.45) is 2.28. The third-order valence-corrected chi connectivity index (χ3v) is 6.29. The van der Waals surface area contributed by atoms with E-state index < -0.39 is 17.8 Å². The summed E-state index contributed by atoms with van der Waals surface area (Å²) in [7, 11) is 0. The lowest BCUT2D eigenvalue weighted by molar-refractivity contribution is -0.122. The molecule has 8 heteroatoms. The topological polar surface area (TPSA) is 79.6 Å². The molecule has 1 saturated heterocycles. The minimum Gasteiger partial charge on any atom is -0.457 e. The zero-order valence-electron chi connectivity index (χ0n) is 17.9. The molecule has 1 atom stereocenters. The van der Waals surface area contributed by atoms with Crippen LogP contribution in [0.3, 0.4) is 0 Å². The molecule has 0 saturated carbocycles. The molecule has 1 N–H and O–H groups in total. The molecule has 6 nitrogen and oxygen atoms in total. The van der Waals surface area contributed by atoms with Crippen molar-refractivity contribution in [3.63, 3.8) is 0 Å². The van der Waals surface area contributed by atoms with Gasteiger partial charge in [0.2, 0.25) is 0 Å². The van der Waals surface area contributed by atoms with Gasteiger partial charge < -0.3 is 4.42 Å². The molecule has 33 heavy (non-hydrogen) atoms. The summed E-state index contributed by atoms with van der Waals surface area (Å²) >= 11 is 12.0. The smallest absolute Gasteiger partial charge is 0.335 e. The SMILES string of the molecule is CC[C@@H](C)c1ccc(N2C(=O)NC(=O)/C(=C/c3ccc(-c4ccc(Cl)c(Cl)c4)o3)C2=O)cc1. The van der Waals surface area contributed by atoms with E-state index >= 15 is 0 Å². The maximum atomic E-state index is 13.1. The first-order valence-electron chi connectivity index (χ1n) is 10.3. The Bertz CT molecular complexity index is 1280. The van der Waals surface area contributed by atoms with Crippen molar-refractivity contribution in [2.75, 3.05) is 4.90 Å². The number of hydrogen-bond acceptors (Lipinski definition) is 4. The van der Waals surface area contributed by atoms with E-state index in [0.717, 1.165) is 16.9 Å². The number of imide groups is 2. The highest BCUT2D eigenvalue weighted by molar-refractivity contribution is 6.42. The Morgan fingerprint density at radius 2 is 1.73 bits per heavy atom. The van der Waals surface area contributed by atoms with Crippen LogP contribution in [0.15, 0.2) is 64.6 Å². The number of hydrogen-bond donors (Lipinski definition) is 1. The third kappa shape index (κ3) is 4.58. The number of rotatable bonds is 5. The van der Waals surface area contributed by atoms with Gasteiger partial charge in [-0.1, -0.05) is 49.2 Å². The van der Waals surface area contributed by atoms with Gasteiger partial charge >= 0.3 is 6.03 Å². The quantitative estimate of drug-likeness (QED) is 0.335. The highest BCUT2D eigenvalue weighted by Gasteiger charge is 2.37. The van der Waals surface area contributed by atoms with Gasteiger partial charge in [0.05, 0.1) is 15.7 Å². The molecule has 0 radical (unpaired) electrons. The van der Waals surface area contributed by atoms with E-state index in [-0.39, 0.29) is 11.3 Å². The number of furan rings is 1. The van der Waals surface area contributed by atoms with Crippen LogP contribution < -0.4 is 10.2 Å². The van der Waals surface area contributed by atoms with Gasteiger partial charge in [-0.2, -0.15) is 0 Å². The standard InChI is InChI=1S/C25H20Cl2N2O4/c1-3-14(2)15-4-7-17(8-5-15)29-24(31)19(23(30)28-25(29)32)13-18-9-11-22(33-18)16-6-10-20(26)21(27)12-16/h4-14H,3H2,1-2H3,(H,28,30,32)/b19-13-/t14-/m1/s1. The largest absolute Gasteiger partial charge is 0.457 e. The first-order chi connectivity index (χ1) is 15.8. The summed E-state index contributed by atoms with van der Waals surface area (Å²) in [6, 6.07) is 14.7. The second kappa shape index (κ2) is 9.25. The summed E-state index contributed by atoms with van der Waals surface area (Å²) in [5, 5.41) is 3.01. The van der Waals surface area contributed by atoms with E-state index in [1.54, 1.807) is 42.5 Å². The number of halogens is 2. The van der Waals surface area contributed by atoms with Crippen molar-refractivity contribution >= 4 is 52.8 Å². The Labute approximate surface area is 200 Å². The van der Waals surface area contributed by atoms with Crippen molar-refractivity contribution in [2.45, 2.75) is 26.2 Å². The highest BCUT2D eigenvalue weighted by atomic mass is 35.5. The fourth-order valence-corrected chi connectivity index (χ4v) is 3.75. The van der Waals surface area contributed by atoms with Gasteiger partial charge in [-0.15, -0.1) is 0 Å². The fourth-order valence-electron chi connectivity index (χ4n) is 3.46. The normalized spacial score (nSPS) is 16.3. The maximum Gasteiger partial charge on any atom is 0.335 e. The Balaban J connectivity index is 1.63. The predicted molar refractivity (Wildman–Crippen MR) is 128 cm³/mol. The van der Waals surface area contributed by atoms with Gasteiger partial charge in [0.15, 0.2) is 0 Å². The molecule has 1 aliphatic heterocycles. The van der Waals surface area contributed by atoms with Gasteiger partial charge in [-0.3, -0.25) is 14.9 Å². The van der Waals surface area contributed by atoms with Gasteiger partial charge in [-0.25, -0.2) is 9.69 Å². The summed E-state index contributed by atoms with van der Waals surface area (Å²) in [5.41, 5.74) is 1.95. The molecule has 0 spiro atoms. The summed E-state index contributed by atoms with van der Waals surface area (Å²) < 4.78 is 5.77. The molecule has 4 rings (SSSR count).